The Bertz CT molecular complexity index is 871. The van der Waals surface area contributed by atoms with E-state index in [9.17, 15) is 18.0 Å². The molecule has 0 aliphatic rings. The monoisotopic (exact) mass is 337 g/mol. The molecule has 0 unspecified atom stereocenters. The molecule has 3 rings (SSSR count). The minimum Gasteiger partial charge on any atom is -0.444 e. The Morgan fingerprint density at radius 2 is 1.88 bits per heavy atom. The van der Waals surface area contributed by atoms with Crippen molar-refractivity contribution >= 4 is 0 Å². The lowest BCUT2D eigenvalue weighted by atomic mass is 10.2. The van der Waals surface area contributed by atoms with E-state index in [1.807, 2.05) is 30.3 Å². The van der Waals surface area contributed by atoms with Gasteiger partial charge in [-0.15, -0.1) is 4.68 Å². The van der Waals surface area contributed by atoms with Crippen molar-refractivity contribution in [3.8, 4) is 11.9 Å². The molecule has 0 fully saturated rings. The first-order valence-electron chi connectivity index (χ1n) is 6.74. The van der Waals surface area contributed by atoms with Crippen LogP contribution >= 0.6 is 0 Å². The normalized spacial score (nSPS) is 11.5. The molecule has 9 heteroatoms. The van der Waals surface area contributed by atoms with E-state index in [1.54, 1.807) is 0 Å². The number of hydrogen-bond donors (Lipinski definition) is 0. The second-order valence-electron chi connectivity index (χ2n) is 4.72. The van der Waals surface area contributed by atoms with E-state index in [2.05, 4.69) is 10.1 Å². The highest BCUT2D eigenvalue weighted by Gasteiger charge is 2.30. The minimum absolute atomic E-state index is 0.105. The van der Waals surface area contributed by atoms with Crippen LogP contribution in [-0.4, -0.2) is 14.8 Å². The van der Waals surface area contributed by atoms with Gasteiger partial charge >= 0.3 is 18.0 Å². The Balaban J connectivity index is 1.78. The number of ether oxygens (including phenoxy) is 1. The van der Waals surface area contributed by atoms with Gasteiger partial charge in [0.1, 0.15) is 6.61 Å². The third kappa shape index (κ3) is 3.45. The first kappa shape index (κ1) is 15.8. The van der Waals surface area contributed by atoms with E-state index in [1.165, 1.54) is 0 Å². The van der Waals surface area contributed by atoms with Crippen molar-refractivity contribution in [1.29, 1.82) is 0 Å². The molecule has 24 heavy (non-hydrogen) atoms. The van der Waals surface area contributed by atoms with Crippen molar-refractivity contribution in [2.75, 3.05) is 0 Å². The fraction of sp³-hybridized carbons (Fsp3) is 0.133. The number of pyridine rings is 1. The lowest BCUT2D eigenvalue weighted by Gasteiger charge is -2.05. The molecule has 0 bridgehead atoms. The van der Waals surface area contributed by atoms with Crippen LogP contribution in [0.4, 0.5) is 13.2 Å². The predicted molar refractivity (Wildman–Crippen MR) is 75.7 cm³/mol. The second-order valence-corrected chi connectivity index (χ2v) is 4.72. The molecule has 0 N–H and O–H groups in total. The molecule has 6 nitrogen and oxygen atoms in total. The molecule has 0 aliphatic heterocycles. The maximum absolute atomic E-state index is 12.5. The summed E-state index contributed by atoms with van der Waals surface area (Å²) in [7, 11) is 0. The Morgan fingerprint density at radius 3 is 2.50 bits per heavy atom. The fourth-order valence-electron chi connectivity index (χ4n) is 1.86. The highest BCUT2D eigenvalue weighted by molar-refractivity contribution is 5.25. The lowest BCUT2D eigenvalue weighted by molar-refractivity contribution is -0.137. The number of aromatic nitrogens is 3. The molecule has 0 saturated heterocycles. The topological polar surface area (TPSA) is 70.2 Å². The van der Waals surface area contributed by atoms with Gasteiger partial charge in [0.05, 0.1) is 5.56 Å². The van der Waals surface area contributed by atoms with Crippen molar-refractivity contribution in [3.63, 3.8) is 0 Å². The van der Waals surface area contributed by atoms with Gasteiger partial charge in [0.25, 0.3) is 0 Å². The van der Waals surface area contributed by atoms with Crippen LogP contribution in [-0.2, 0) is 12.8 Å². The predicted octanol–water partition coefficient (Wildman–Crippen LogP) is 2.82. The average molecular weight is 337 g/mol. The van der Waals surface area contributed by atoms with Crippen molar-refractivity contribution in [3.05, 3.63) is 70.3 Å². The molecule has 3 aromatic rings. The van der Waals surface area contributed by atoms with Gasteiger partial charge in [-0.05, 0) is 17.7 Å². The molecule has 2 aromatic heterocycles. The summed E-state index contributed by atoms with van der Waals surface area (Å²) in [6.45, 7) is 0.126. The number of alkyl halides is 3. The molecule has 1 aromatic carbocycles. The van der Waals surface area contributed by atoms with Gasteiger partial charge < -0.3 is 9.15 Å². The molecule has 2 heterocycles. The molecule has 0 aliphatic carbocycles. The second kappa shape index (κ2) is 6.19. The average Bonchev–Trinajstić information content (AvgIpc) is 2.94. The van der Waals surface area contributed by atoms with Gasteiger partial charge in [0.15, 0.2) is 5.82 Å². The molecular weight excluding hydrogens is 327 g/mol. The number of halogens is 3. The minimum atomic E-state index is -4.51. The van der Waals surface area contributed by atoms with E-state index in [4.69, 9.17) is 9.15 Å². The summed E-state index contributed by atoms with van der Waals surface area (Å²) in [6.07, 6.45) is -4.20. The first-order valence-corrected chi connectivity index (χ1v) is 6.74. The summed E-state index contributed by atoms with van der Waals surface area (Å²) in [4.78, 5) is 15.3. The van der Waals surface area contributed by atoms with E-state index in [0.29, 0.717) is 6.20 Å². The maximum Gasteiger partial charge on any atom is 0.445 e. The van der Waals surface area contributed by atoms with Crippen LogP contribution < -0.4 is 10.5 Å². The van der Waals surface area contributed by atoms with Crippen molar-refractivity contribution < 1.29 is 22.3 Å². The maximum atomic E-state index is 12.5. The summed E-state index contributed by atoms with van der Waals surface area (Å²) in [5, 5.41) is 3.76. The summed E-state index contributed by atoms with van der Waals surface area (Å²) in [5.74, 6) is -1.02. The van der Waals surface area contributed by atoms with E-state index < -0.39 is 17.5 Å². The molecule has 0 spiro atoms. The molecule has 0 atom stereocenters. The van der Waals surface area contributed by atoms with Gasteiger partial charge in [-0.2, -0.15) is 13.2 Å². The van der Waals surface area contributed by atoms with Gasteiger partial charge in [-0.1, -0.05) is 35.4 Å². The zero-order chi connectivity index (χ0) is 17.2. The smallest absolute Gasteiger partial charge is 0.444 e. The van der Waals surface area contributed by atoms with Crippen LogP contribution in [0.25, 0.3) is 5.82 Å². The third-order valence-electron chi connectivity index (χ3n) is 3.03. The lowest BCUT2D eigenvalue weighted by Crippen LogP contribution is -2.15. The summed E-state index contributed by atoms with van der Waals surface area (Å²) >= 11 is 0. The number of hydrogen-bond acceptors (Lipinski definition) is 5. The summed E-state index contributed by atoms with van der Waals surface area (Å²) in [5.41, 5.74) is -0.0919. The van der Waals surface area contributed by atoms with Crippen LogP contribution in [0.15, 0.2) is 57.9 Å². The van der Waals surface area contributed by atoms with Crippen molar-refractivity contribution in [2.45, 2.75) is 12.8 Å². The highest BCUT2D eigenvalue weighted by atomic mass is 19.4. The van der Waals surface area contributed by atoms with E-state index >= 15 is 0 Å². The summed E-state index contributed by atoms with van der Waals surface area (Å²) in [6, 6.07) is 10.9. The zero-order valence-corrected chi connectivity index (χ0v) is 12.0. The molecule has 0 radical (unpaired) electrons. The Kier molecular flexibility index (Phi) is 4.07. The Hall–Kier alpha value is -3.10. The zero-order valence-electron chi connectivity index (χ0n) is 12.0. The van der Waals surface area contributed by atoms with Crippen LogP contribution in [0.1, 0.15) is 11.1 Å². The van der Waals surface area contributed by atoms with Gasteiger partial charge in [-0.3, -0.25) is 0 Å². The standard InChI is InChI=1S/C15H10F3N3O3/c16-15(17,18)11-6-7-12(19-8-11)21-14(22)24-13(20-21)23-9-10-4-2-1-3-5-10/h1-8H,9H2. The molecule has 124 valence electrons. The Labute approximate surface area is 133 Å². The van der Waals surface area contributed by atoms with Gasteiger partial charge in [0, 0.05) is 6.20 Å². The fourth-order valence-corrected chi connectivity index (χ4v) is 1.86. The van der Waals surface area contributed by atoms with E-state index in [0.717, 1.165) is 22.4 Å². The van der Waals surface area contributed by atoms with Crippen LogP contribution in [0.5, 0.6) is 6.08 Å². The Morgan fingerprint density at radius 1 is 1.12 bits per heavy atom. The van der Waals surface area contributed by atoms with E-state index in [-0.39, 0.29) is 18.5 Å². The summed E-state index contributed by atoms with van der Waals surface area (Å²) < 4.78 is 48.3. The van der Waals surface area contributed by atoms with Gasteiger partial charge in [0.2, 0.25) is 0 Å². The molecule has 0 saturated carbocycles. The molecule has 0 amide bonds. The number of benzene rings is 1. The highest BCUT2D eigenvalue weighted by Crippen LogP contribution is 2.28. The SMILES string of the molecule is O=c1oc(OCc2ccccc2)nn1-c1ccc(C(F)(F)F)cn1. The van der Waals surface area contributed by atoms with Gasteiger partial charge in [-0.25, -0.2) is 9.78 Å². The van der Waals surface area contributed by atoms with Crippen LogP contribution in [0.2, 0.25) is 0 Å². The van der Waals surface area contributed by atoms with Crippen molar-refractivity contribution in [1.82, 2.24) is 14.8 Å². The van der Waals surface area contributed by atoms with Crippen LogP contribution in [0, 0.1) is 0 Å². The molecular formula is C15H10F3N3O3. The number of rotatable bonds is 4. The van der Waals surface area contributed by atoms with Crippen molar-refractivity contribution in [2.24, 2.45) is 0 Å². The first-order chi connectivity index (χ1) is 11.4. The van der Waals surface area contributed by atoms with Crippen LogP contribution in [0.3, 0.4) is 0 Å². The largest absolute Gasteiger partial charge is 0.445 e. The quantitative estimate of drug-likeness (QED) is 0.732. The third-order valence-corrected chi connectivity index (χ3v) is 3.03. The number of nitrogens with zero attached hydrogens (tertiary/aromatic N) is 3.